The molecule has 0 radical (unpaired) electrons. The van der Waals surface area contributed by atoms with Crippen molar-refractivity contribution in [1.82, 2.24) is 0 Å². The van der Waals surface area contributed by atoms with Crippen LogP contribution in [0.3, 0.4) is 0 Å². The van der Waals surface area contributed by atoms with Gasteiger partial charge in [0.25, 0.3) is 0 Å². The molecule has 0 spiro atoms. The molecular formula is C89H174O17P2. The summed E-state index contributed by atoms with van der Waals surface area (Å²) in [6.07, 6.45) is 73.8. The van der Waals surface area contributed by atoms with Gasteiger partial charge in [-0.15, -0.1) is 0 Å². The fourth-order valence-electron chi connectivity index (χ4n) is 14.0. The highest BCUT2D eigenvalue weighted by Crippen LogP contribution is 2.45. The molecule has 642 valence electrons. The number of unbranched alkanes of at least 4 members (excludes halogenated alkanes) is 58. The van der Waals surface area contributed by atoms with Crippen molar-refractivity contribution in [3.8, 4) is 0 Å². The minimum atomic E-state index is -4.97. The number of phosphoric ester groups is 2. The Morgan fingerprint density at radius 2 is 0.426 bits per heavy atom. The fraction of sp³-hybridized carbons (Fsp3) is 0.955. The van der Waals surface area contributed by atoms with Crippen LogP contribution >= 0.6 is 15.6 Å². The number of carbonyl (C=O) groups is 4. The van der Waals surface area contributed by atoms with Crippen LogP contribution in [0.1, 0.15) is 478 Å². The second kappa shape index (κ2) is 80.3. The Bertz CT molecular complexity index is 2060. The topological polar surface area (TPSA) is 237 Å². The molecule has 0 aliphatic heterocycles. The lowest BCUT2D eigenvalue weighted by Crippen LogP contribution is -2.30. The van der Waals surface area contributed by atoms with Crippen molar-refractivity contribution in [2.45, 2.75) is 496 Å². The summed E-state index contributed by atoms with van der Waals surface area (Å²) < 4.78 is 69.0. The van der Waals surface area contributed by atoms with E-state index in [0.717, 1.165) is 102 Å². The molecule has 0 amide bonds. The molecule has 0 heterocycles. The van der Waals surface area contributed by atoms with Gasteiger partial charge in [-0.25, -0.2) is 9.13 Å². The number of esters is 4. The summed E-state index contributed by atoms with van der Waals surface area (Å²) in [5.74, 6) is -0.598. The van der Waals surface area contributed by atoms with Gasteiger partial charge in [-0.2, -0.15) is 0 Å². The van der Waals surface area contributed by atoms with Crippen LogP contribution in [-0.2, 0) is 65.4 Å². The van der Waals surface area contributed by atoms with Crippen molar-refractivity contribution in [1.29, 1.82) is 0 Å². The van der Waals surface area contributed by atoms with Gasteiger partial charge in [0.2, 0.25) is 0 Å². The van der Waals surface area contributed by atoms with Crippen molar-refractivity contribution in [2.24, 2.45) is 11.8 Å². The maximum atomic E-state index is 13.2. The first-order valence-electron chi connectivity index (χ1n) is 46.0. The van der Waals surface area contributed by atoms with Crippen LogP contribution < -0.4 is 0 Å². The Hall–Kier alpha value is -1.94. The Balaban J connectivity index is 5.22. The van der Waals surface area contributed by atoms with Gasteiger partial charge in [0, 0.05) is 25.7 Å². The van der Waals surface area contributed by atoms with Crippen molar-refractivity contribution in [2.75, 3.05) is 39.6 Å². The average Bonchev–Trinajstić information content (AvgIpc) is 0.892. The van der Waals surface area contributed by atoms with Crippen LogP contribution in [0.4, 0.5) is 0 Å². The first kappa shape index (κ1) is 106. The first-order chi connectivity index (χ1) is 52.4. The van der Waals surface area contributed by atoms with Crippen LogP contribution in [0.25, 0.3) is 0 Å². The smallest absolute Gasteiger partial charge is 0.462 e. The van der Waals surface area contributed by atoms with Crippen LogP contribution in [-0.4, -0.2) is 96.7 Å². The van der Waals surface area contributed by atoms with Gasteiger partial charge in [-0.1, -0.05) is 427 Å². The molecule has 3 N–H and O–H groups in total. The quantitative estimate of drug-likeness (QED) is 0.0222. The molecule has 0 aromatic carbocycles. The van der Waals surface area contributed by atoms with Gasteiger partial charge in [0.1, 0.15) is 19.3 Å². The Labute approximate surface area is 664 Å². The lowest BCUT2D eigenvalue weighted by Gasteiger charge is -2.21. The summed E-state index contributed by atoms with van der Waals surface area (Å²) >= 11 is 0. The lowest BCUT2D eigenvalue weighted by atomic mass is 10.0. The predicted octanol–water partition coefficient (Wildman–Crippen LogP) is 27.4. The van der Waals surface area contributed by atoms with Gasteiger partial charge >= 0.3 is 39.5 Å². The summed E-state index contributed by atoms with van der Waals surface area (Å²) in [5.41, 5.74) is 0. The standard InChI is InChI=1S/C89H174O17P2/c1-7-9-11-13-15-17-19-21-23-25-27-29-31-33-35-37-42-46-53-59-65-71-86(91)99-77-84(105-88(93)73-67-61-55-47-43-38-36-34-32-30-28-26-24-22-20-18-16-14-12-10-8-2)79-103-107(95,96)101-75-83(90)76-102-108(97,98)104-80-85(78-100-87(92)72-66-60-54-50-49-52-58-64-70-82(5)6)106-89(94)74-68-62-56-48-44-40-39-41-45-51-57-63-69-81(3)4/h81-85,90H,7-80H2,1-6H3,(H,95,96)(H,97,98)/t83-,84-,85-/m1/s1. The molecule has 2 unspecified atom stereocenters. The van der Waals surface area contributed by atoms with Crippen LogP contribution in [0.5, 0.6) is 0 Å². The highest BCUT2D eigenvalue weighted by atomic mass is 31.2. The number of phosphoric acid groups is 2. The number of ether oxygens (including phenoxy) is 4. The van der Waals surface area contributed by atoms with E-state index in [4.69, 9.17) is 37.0 Å². The van der Waals surface area contributed by atoms with E-state index in [0.29, 0.717) is 25.7 Å². The zero-order chi connectivity index (χ0) is 79.2. The molecule has 0 aliphatic carbocycles. The van der Waals surface area contributed by atoms with E-state index in [2.05, 4.69) is 41.5 Å². The number of carbonyl (C=O) groups excluding carboxylic acids is 4. The number of aliphatic hydroxyl groups excluding tert-OH is 1. The van der Waals surface area contributed by atoms with Gasteiger partial charge in [-0.05, 0) is 37.5 Å². The number of hydrogen-bond donors (Lipinski definition) is 3. The van der Waals surface area contributed by atoms with Crippen LogP contribution in [0, 0.1) is 11.8 Å². The van der Waals surface area contributed by atoms with E-state index in [9.17, 15) is 43.2 Å². The fourth-order valence-corrected chi connectivity index (χ4v) is 15.5. The van der Waals surface area contributed by atoms with Gasteiger partial charge in [-0.3, -0.25) is 37.3 Å². The summed E-state index contributed by atoms with van der Waals surface area (Å²) in [6, 6.07) is 0. The predicted molar refractivity (Wildman–Crippen MR) is 446 cm³/mol. The molecule has 0 aliphatic rings. The molecule has 0 saturated heterocycles. The average molecular weight is 1580 g/mol. The third-order valence-corrected chi connectivity index (χ3v) is 22.9. The molecular weight excluding hydrogens is 1400 g/mol. The molecule has 0 fully saturated rings. The largest absolute Gasteiger partial charge is 0.472 e. The van der Waals surface area contributed by atoms with E-state index >= 15 is 0 Å². The van der Waals surface area contributed by atoms with Crippen molar-refractivity contribution in [3.63, 3.8) is 0 Å². The Kier molecular flexibility index (Phi) is 78.8. The van der Waals surface area contributed by atoms with Gasteiger partial charge in [0.15, 0.2) is 12.2 Å². The third kappa shape index (κ3) is 82.1. The monoisotopic (exact) mass is 1580 g/mol. The molecule has 0 aromatic rings. The molecule has 0 bridgehead atoms. The van der Waals surface area contributed by atoms with E-state index in [1.165, 1.54) is 295 Å². The van der Waals surface area contributed by atoms with Crippen molar-refractivity contribution in [3.05, 3.63) is 0 Å². The number of hydrogen-bond acceptors (Lipinski definition) is 15. The second-order valence-corrected chi connectivity index (χ2v) is 35.8. The molecule has 108 heavy (non-hydrogen) atoms. The SMILES string of the molecule is CCCCCCCCCCCCCCCCCCCCCCCC(=O)OC[C@H](COP(=O)(O)OC[C@@H](O)COP(=O)(O)OC[C@@H](COC(=O)CCCCCCCCCCC(C)C)OC(=O)CCCCCCCCCCCCCCC(C)C)OC(=O)CCCCCCCCCCCCCCCCCCCCCCC. The first-order valence-corrected chi connectivity index (χ1v) is 49.0. The molecule has 17 nitrogen and oxygen atoms in total. The van der Waals surface area contributed by atoms with E-state index in [1.54, 1.807) is 0 Å². The van der Waals surface area contributed by atoms with Crippen molar-refractivity contribution < 1.29 is 80.2 Å². The normalized spacial score (nSPS) is 13.8. The van der Waals surface area contributed by atoms with Gasteiger partial charge in [0.05, 0.1) is 26.4 Å². The maximum absolute atomic E-state index is 13.2. The van der Waals surface area contributed by atoms with Crippen LogP contribution in [0.2, 0.25) is 0 Å². The highest BCUT2D eigenvalue weighted by molar-refractivity contribution is 7.47. The number of rotatable bonds is 88. The van der Waals surface area contributed by atoms with E-state index < -0.39 is 97.5 Å². The zero-order valence-corrected chi connectivity index (χ0v) is 73.0. The summed E-state index contributed by atoms with van der Waals surface area (Å²) in [6.45, 7) is 9.66. The van der Waals surface area contributed by atoms with E-state index in [1.807, 2.05) is 0 Å². The van der Waals surface area contributed by atoms with Gasteiger partial charge < -0.3 is 33.8 Å². The third-order valence-electron chi connectivity index (χ3n) is 21.0. The number of aliphatic hydroxyl groups is 1. The zero-order valence-electron chi connectivity index (χ0n) is 71.2. The Morgan fingerprint density at radius 3 is 0.630 bits per heavy atom. The molecule has 0 saturated carbocycles. The maximum Gasteiger partial charge on any atom is 0.472 e. The molecule has 19 heteroatoms. The molecule has 0 aromatic heterocycles. The minimum Gasteiger partial charge on any atom is -0.462 e. The molecule has 5 atom stereocenters. The minimum absolute atomic E-state index is 0.107. The lowest BCUT2D eigenvalue weighted by molar-refractivity contribution is -0.161. The van der Waals surface area contributed by atoms with E-state index in [-0.39, 0.29) is 25.7 Å². The summed E-state index contributed by atoms with van der Waals surface area (Å²) in [5, 5.41) is 10.7. The van der Waals surface area contributed by atoms with Crippen LogP contribution in [0.15, 0.2) is 0 Å². The summed E-state index contributed by atoms with van der Waals surface area (Å²) in [4.78, 5) is 73.3. The highest BCUT2D eigenvalue weighted by Gasteiger charge is 2.31. The van der Waals surface area contributed by atoms with Crippen molar-refractivity contribution >= 4 is 39.5 Å². The molecule has 0 rings (SSSR count). The summed E-state index contributed by atoms with van der Waals surface area (Å²) in [7, 11) is -9.93. The Morgan fingerprint density at radius 1 is 0.250 bits per heavy atom. The second-order valence-electron chi connectivity index (χ2n) is 32.9.